The zero-order chi connectivity index (χ0) is 14.0. The van der Waals surface area contributed by atoms with E-state index >= 15 is 0 Å². The van der Waals surface area contributed by atoms with Gasteiger partial charge >= 0.3 is 0 Å². The Morgan fingerprint density at radius 2 is 1.72 bits per heavy atom. The fourth-order valence-electron chi connectivity index (χ4n) is 1.52. The van der Waals surface area contributed by atoms with E-state index in [4.69, 9.17) is 0 Å². The first-order valence-corrected chi connectivity index (χ1v) is 5.98. The van der Waals surface area contributed by atoms with Gasteiger partial charge in [-0.2, -0.15) is 0 Å². The highest BCUT2D eigenvalue weighted by Gasteiger charge is 2.04. The maximum atomic E-state index is 11.1. The fourth-order valence-corrected chi connectivity index (χ4v) is 1.52. The lowest BCUT2D eigenvalue weighted by molar-refractivity contribution is -0.104. The summed E-state index contributed by atoms with van der Waals surface area (Å²) >= 11 is 0. The summed E-state index contributed by atoms with van der Waals surface area (Å²) in [4.78, 5) is 11.1. The Labute approximate surface area is 111 Å². The van der Waals surface area contributed by atoms with Crippen LogP contribution in [0.3, 0.4) is 0 Å². The number of carbonyl (C=O) groups is 1. The Bertz CT molecular complexity index is 425. The van der Waals surface area contributed by atoms with E-state index in [1.165, 1.54) is 0 Å². The van der Waals surface area contributed by atoms with Crippen LogP contribution in [0.25, 0.3) is 0 Å². The van der Waals surface area contributed by atoms with E-state index in [2.05, 4.69) is 13.2 Å². The summed E-state index contributed by atoms with van der Waals surface area (Å²) in [5.74, 6) is 0. The van der Waals surface area contributed by atoms with Crippen molar-refractivity contribution in [1.29, 1.82) is 0 Å². The molecule has 0 aromatic rings. The summed E-state index contributed by atoms with van der Waals surface area (Å²) in [6.45, 7) is 13.2. The molecule has 0 saturated heterocycles. The lowest BCUT2D eigenvalue weighted by atomic mass is 9.98. The Kier molecular flexibility index (Phi) is 8.21. The molecule has 1 nitrogen and oxygen atoms in total. The monoisotopic (exact) mass is 242 g/mol. The molecular weight excluding hydrogens is 220 g/mol. The van der Waals surface area contributed by atoms with Gasteiger partial charge in [0.05, 0.1) is 0 Å². The van der Waals surface area contributed by atoms with Gasteiger partial charge in [0.25, 0.3) is 0 Å². The van der Waals surface area contributed by atoms with Crippen molar-refractivity contribution in [1.82, 2.24) is 0 Å². The van der Waals surface area contributed by atoms with Gasteiger partial charge in [0.2, 0.25) is 0 Å². The molecule has 0 aliphatic carbocycles. The second-order valence-corrected chi connectivity index (χ2v) is 4.13. The van der Waals surface area contributed by atoms with Crippen molar-refractivity contribution in [2.24, 2.45) is 0 Å². The van der Waals surface area contributed by atoms with Crippen LogP contribution in [0.4, 0.5) is 0 Å². The number of carbonyl (C=O) groups excluding carboxylic acids is 1. The van der Waals surface area contributed by atoms with Crippen LogP contribution in [0, 0.1) is 0 Å². The quantitative estimate of drug-likeness (QED) is 0.359. The van der Waals surface area contributed by atoms with Gasteiger partial charge in [-0.25, -0.2) is 0 Å². The molecule has 0 spiro atoms. The molecule has 0 N–H and O–H groups in total. The molecular formula is C17H22O. The van der Waals surface area contributed by atoms with Gasteiger partial charge in [-0.3, -0.25) is 4.79 Å². The number of hydrogen-bond donors (Lipinski definition) is 0. The van der Waals surface area contributed by atoms with E-state index in [-0.39, 0.29) is 0 Å². The standard InChI is InChI=1S/C17H22O/c1-6-8-9-10-11-12-15(5)16(7-2)17(13-18)14(3)4/h6-9,11-13H,1-2,10H2,3-5H3/b9-8-,12-11-,16-15+. The summed E-state index contributed by atoms with van der Waals surface area (Å²) in [6.07, 6.45) is 13.2. The number of hydrogen-bond acceptors (Lipinski definition) is 1. The first-order chi connectivity index (χ1) is 8.58. The molecule has 0 aliphatic heterocycles. The van der Waals surface area contributed by atoms with Crippen molar-refractivity contribution < 1.29 is 4.79 Å². The van der Waals surface area contributed by atoms with Gasteiger partial charge in [0, 0.05) is 5.57 Å². The Balaban J connectivity index is 5.11. The molecule has 0 unspecified atom stereocenters. The molecule has 0 aromatic heterocycles. The minimum atomic E-state index is 0.716. The molecule has 96 valence electrons. The first-order valence-electron chi connectivity index (χ1n) is 5.98. The molecule has 0 saturated carbocycles. The zero-order valence-corrected chi connectivity index (χ0v) is 11.6. The second kappa shape index (κ2) is 9.17. The lowest BCUT2D eigenvalue weighted by Crippen LogP contribution is -1.94. The molecule has 0 aromatic carbocycles. The maximum absolute atomic E-state index is 11.1. The molecule has 1 heteroatoms. The smallest absolute Gasteiger partial charge is 0.150 e. The predicted molar refractivity (Wildman–Crippen MR) is 80.4 cm³/mol. The van der Waals surface area contributed by atoms with Gasteiger partial charge < -0.3 is 0 Å². The zero-order valence-electron chi connectivity index (χ0n) is 11.6. The van der Waals surface area contributed by atoms with Crippen LogP contribution in [0.1, 0.15) is 27.2 Å². The van der Waals surface area contributed by atoms with E-state index in [1.54, 1.807) is 12.2 Å². The van der Waals surface area contributed by atoms with E-state index in [0.29, 0.717) is 5.57 Å². The van der Waals surface area contributed by atoms with Crippen molar-refractivity contribution in [2.75, 3.05) is 0 Å². The Morgan fingerprint density at radius 1 is 1.06 bits per heavy atom. The summed E-state index contributed by atoms with van der Waals surface area (Å²) in [5.41, 5.74) is 3.65. The van der Waals surface area contributed by atoms with Crippen LogP contribution in [0.5, 0.6) is 0 Å². The van der Waals surface area contributed by atoms with E-state index in [1.807, 2.05) is 45.1 Å². The fraction of sp³-hybridized carbons (Fsp3) is 0.235. The molecule has 0 radical (unpaired) electrons. The highest BCUT2D eigenvalue weighted by atomic mass is 16.1. The average Bonchev–Trinajstić information content (AvgIpc) is 2.34. The van der Waals surface area contributed by atoms with Crippen LogP contribution in [-0.2, 0) is 4.79 Å². The van der Waals surface area contributed by atoms with Gasteiger partial charge in [-0.15, -0.1) is 0 Å². The molecule has 0 amide bonds. The van der Waals surface area contributed by atoms with E-state index in [0.717, 1.165) is 29.4 Å². The van der Waals surface area contributed by atoms with Crippen LogP contribution in [0.2, 0.25) is 0 Å². The number of allylic oxidation sites excluding steroid dienone is 10. The summed E-state index contributed by atoms with van der Waals surface area (Å²) in [5, 5.41) is 0. The van der Waals surface area contributed by atoms with Gasteiger partial charge in [0.15, 0.2) is 6.29 Å². The van der Waals surface area contributed by atoms with Crippen LogP contribution in [-0.4, -0.2) is 6.29 Å². The molecule has 18 heavy (non-hydrogen) atoms. The molecule has 0 rings (SSSR count). The lowest BCUT2D eigenvalue weighted by Gasteiger charge is -2.06. The molecule has 0 atom stereocenters. The van der Waals surface area contributed by atoms with Crippen molar-refractivity contribution in [2.45, 2.75) is 27.2 Å². The summed E-state index contributed by atoms with van der Waals surface area (Å²) in [7, 11) is 0. The predicted octanol–water partition coefficient (Wildman–Crippen LogP) is 4.71. The third kappa shape index (κ3) is 5.44. The summed E-state index contributed by atoms with van der Waals surface area (Å²) in [6, 6.07) is 0. The summed E-state index contributed by atoms with van der Waals surface area (Å²) < 4.78 is 0. The van der Waals surface area contributed by atoms with Gasteiger partial charge in [-0.1, -0.05) is 55.2 Å². The van der Waals surface area contributed by atoms with Gasteiger partial charge in [-0.05, 0) is 38.3 Å². The minimum Gasteiger partial charge on any atom is -0.298 e. The number of aldehydes is 1. The molecule has 0 fully saturated rings. The molecule has 0 bridgehead atoms. The molecule has 0 aliphatic rings. The average molecular weight is 242 g/mol. The van der Waals surface area contributed by atoms with E-state index in [9.17, 15) is 4.79 Å². The Morgan fingerprint density at radius 3 is 2.17 bits per heavy atom. The number of rotatable bonds is 7. The minimum absolute atomic E-state index is 0.716. The van der Waals surface area contributed by atoms with Crippen molar-refractivity contribution >= 4 is 6.29 Å². The Hall–Kier alpha value is -1.89. The third-order valence-corrected chi connectivity index (χ3v) is 2.49. The maximum Gasteiger partial charge on any atom is 0.150 e. The van der Waals surface area contributed by atoms with Crippen LogP contribution in [0.15, 0.2) is 71.9 Å². The topological polar surface area (TPSA) is 17.1 Å². The highest BCUT2D eigenvalue weighted by Crippen LogP contribution is 2.18. The van der Waals surface area contributed by atoms with Crippen LogP contribution < -0.4 is 0 Å². The third-order valence-electron chi connectivity index (χ3n) is 2.49. The second-order valence-electron chi connectivity index (χ2n) is 4.13. The van der Waals surface area contributed by atoms with Crippen LogP contribution >= 0.6 is 0 Å². The van der Waals surface area contributed by atoms with E-state index < -0.39 is 0 Å². The highest BCUT2D eigenvalue weighted by molar-refractivity contribution is 5.83. The van der Waals surface area contributed by atoms with Crippen molar-refractivity contribution in [3.05, 3.63) is 71.9 Å². The van der Waals surface area contributed by atoms with Crippen molar-refractivity contribution in [3.63, 3.8) is 0 Å². The normalized spacial score (nSPS) is 12.4. The SMILES string of the molecule is C=C/C=C\C/C=C\C(C)=C(/C=C)C(C=O)=C(C)C. The van der Waals surface area contributed by atoms with Gasteiger partial charge in [0.1, 0.15) is 0 Å². The molecule has 0 heterocycles. The first kappa shape index (κ1) is 16.1. The largest absolute Gasteiger partial charge is 0.298 e. The van der Waals surface area contributed by atoms with Crippen molar-refractivity contribution in [3.8, 4) is 0 Å².